The van der Waals surface area contributed by atoms with E-state index >= 15 is 0 Å². The van der Waals surface area contributed by atoms with Crippen LogP contribution in [-0.4, -0.2) is 73.1 Å². The number of thiophene rings is 1. The third-order valence-electron chi connectivity index (χ3n) is 4.47. The van der Waals surface area contributed by atoms with Gasteiger partial charge in [-0.25, -0.2) is 4.98 Å². The number of ether oxygens (including phenoxy) is 2. The highest BCUT2D eigenvalue weighted by Crippen LogP contribution is 2.35. The summed E-state index contributed by atoms with van der Waals surface area (Å²) in [6, 6.07) is 0. The molecule has 8 heteroatoms. The van der Waals surface area contributed by atoms with E-state index in [4.69, 9.17) is 9.47 Å². The van der Waals surface area contributed by atoms with E-state index in [1.165, 1.54) is 11.3 Å². The molecule has 0 N–H and O–H groups in total. The standard InChI is InChI=1S/C17H24N4O3S/c1-11-13-15(24-4)18-12(10-23-3)19-16(13)25-14(11)17(22)21-7-5-6-20(2)8-9-21/h5-10H2,1-4H3. The molecule has 136 valence electrons. The van der Waals surface area contributed by atoms with Gasteiger partial charge in [-0.15, -0.1) is 11.3 Å². The second kappa shape index (κ2) is 7.63. The maximum atomic E-state index is 13.1. The second-order valence-electron chi connectivity index (χ2n) is 6.27. The molecule has 2 aromatic heterocycles. The van der Waals surface area contributed by atoms with Crippen molar-refractivity contribution in [2.45, 2.75) is 20.0 Å². The molecule has 0 unspecified atom stereocenters. The Morgan fingerprint density at radius 1 is 1.20 bits per heavy atom. The van der Waals surface area contributed by atoms with Crippen molar-refractivity contribution in [3.05, 3.63) is 16.3 Å². The van der Waals surface area contributed by atoms with Gasteiger partial charge >= 0.3 is 0 Å². The van der Waals surface area contributed by atoms with E-state index in [9.17, 15) is 4.79 Å². The summed E-state index contributed by atoms with van der Waals surface area (Å²) in [6.07, 6.45) is 0.993. The summed E-state index contributed by atoms with van der Waals surface area (Å²) in [6.45, 7) is 5.71. The van der Waals surface area contributed by atoms with Gasteiger partial charge in [-0.05, 0) is 32.5 Å². The first-order chi connectivity index (χ1) is 12.0. The predicted octanol–water partition coefficient (Wildman–Crippen LogP) is 1.93. The molecular weight excluding hydrogens is 340 g/mol. The van der Waals surface area contributed by atoms with Crippen LogP contribution in [0.25, 0.3) is 10.2 Å². The Morgan fingerprint density at radius 2 is 2.00 bits per heavy atom. The van der Waals surface area contributed by atoms with Gasteiger partial charge < -0.3 is 19.3 Å². The van der Waals surface area contributed by atoms with Gasteiger partial charge in [0.25, 0.3) is 5.91 Å². The number of aryl methyl sites for hydroxylation is 1. The monoisotopic (exact) mass is 364 g/mol. The minimum absolute atomic E-state index is 0.0751. The Morgan fingerprint density at radius 3 is 2.72 bits per heavy atom. The summed E-state index contributed by atoms with van der Waals surface area (Å²) in [5, 5.41) is 0.822. The van der Waals surface area contributed by atoms with Crippen molar-refractivity contribution in [3.63, 3.8) is 0 Å². The maximum absolute atomic E-state index is 13.1. The van der Waals surface area contributed by atoms with Crippen LogP contribution in [0.2, 0.25) is 0 Å². The molecule has 0 atom stereocenters. The van der Waals surface area contributed by atoms with Crippen LogP contribution in [0.4, 0.5) is 0 Å². The lowest BCUT2D eigenvalue weighted by molar-refractivity contribution is 0.0767. The van der Waals surface area contributed by atoms with Gasteiger partial charge in [0.15, 0.2) is 5.82 Å². The molecule has 1 aliphatic heterocycles. The van der Waals surface area contributed by atoms with Gasteiger partial charge in [0.1, 0.15) is 11.4 Å². The highest BCUT2D eigenvalue weighted by molar-refractivity contribution is 7.20. The fourth-order valence-corrected chi connectivity index (χ4v) is 4.24. The summed E-state index contributed by atoms with van der Waals surface area (Å²) >= 11 is 1.41. The number of nitrogens with zero attached hydrogens (tertiary/aromatic N) is 4. The first-order valence-corrected chi connectivity index (χ1v) is 9.17. The van der Waals surface area contributed by atoms with Gasteiger partial charge in [-0.1, -0.05) is 0 Å². The Balaban J connectivity index is 1.98. The summed E-state index contributed by atoms with van der Waals surface area (Å²) in [4.78, 5) is 27.7. The number of methoxy groups -OCH3 is 2. The van der Waals surface area contributed by atoms with Crippen LogP contribution < -0.4 is 4.74 Å². The van der Waals surface area contributed by atoms with Crippen molar-refractivity contribution in [2.24, 2.45) is 0 Å². The molecule has 0 aliphatic carbocycles. The zero-order valence-corrected chi connectivity index (χ0v) is 16.0. The lowest BCUT2D eigenvalue weighted by Gasteiger charge is -2.20. The van der Waals surface area contributed by atoms with Crippen LogP contribution >= 0.6 is 11.3 Å². The maximum Gasteiger partial charge on any atom is 0.264 e. The number of hydrogen-bond acceptors (Lipinski definition) is 7. The number of carbonyl (C=O) groups excluding carboxylic acids is 1. The fraction of sp³-hybridized carbons (Fsp3) is 0.588. The molecule has 0 radical (unpaired) electrons. The van der Waals surface area contributed by atoms with Crippen LogP contribution in [-0.2, 0) is 11.3 Å². The number of likely N-dealkylation sites (N-methyl/N-ethyl adjacent to an activating group) is 1. The average Bonchev–Trinajstić information content (AvgIpc) is 2.78. The van der Waals surface area contributed by atoms with E-state index < -0.39 is 0 Å². The average molecular weight is 364 g/mol. The van der Waals surface area contributed by atoms with Crippen molar-refractivity contribution in [2.75, 3.05) is 47.4 Å². The highest BCUT2D eigenvalue weighted by Gasteiger charge is 2.25. The molecule has 3 rings (SSSR count). The number of fused-ring (bicyclic) bond motifs is 1. The molecule has 2 aromatic rings. The molecule has 25 heavy (non-hydrogen) atoms. The van der Waals surface area contributed by atoms with Crippen molar-refractivity contribution >= 4 is 27.5 Å². The topological polar surface area (TPSA) is 67.8 Å². The zero-order chi connectivity index (χ0) is 18.0. The van der Waals surface area contributed by atoms with Crippen molar-refractivity contribution < 1.29 is 14.3 Å². The first kappa shape index (κ1) is 18.0. The predicted molar refractivity (Wildman–Crippen MR) is 97.4 cm³/mol. The van der Waals surface area contributed by atoms with Gasteiger partial charge in [0, 0.05) is 26.7 Å². The van der Waals surface area contributed by atoms with E-state index in [1.54, 1.807) is 14.2 Å². The Bertz CT molecular complexity index is 777. The van der Waals surface area contributed by atoms with E-state index in [0.717, 1.165) is 53.3 Å². The largest absolute Gasteiger partial charge is 0.480 e. The lowest BCUT2D eigenvalue weighted by Crippen LogP contribution is -2.34. The first-order valence-electron chi connectivity index (χ1n) is 8.36. The van der Waals surface area contributed by atoms with Crippen LogP contribution in [0.5, 0.6) is 5.88 Å². The van der Waals surface area contributed by atoms with Crippen molar-refractivity contribution in [1.29, 1.82) is 0 Å². The third kappa shape index (κ3) is 3.61. The van der Waals surface area contributed by atoms with Crippen LogP contribution in [0.3, 0.4) is 0 Å². The van der Waals surface area contributed by atoms with Gasteiger partial charge in [0.2, 0.25) is 5.88 Å². The summed E-state index contributed by atoms with van der Waals surface area (Å²) in [5.41, 5.74) is 0.892. The SMILES string of the molecule is COCc1nc(OC)c2c(C)c(C(=O)N3CCCN(C)CC3)sc2n1. The number of carbonyl (C=O) groups is 1. The Hall–Kier alpha value is -1.77. The lowest BCUT2D eigenvalue weighted by atomic mass is 10.2. The van der Waals surface area contributed by atoms with Crippen LogP contribution in [0.15, 0.2) is 0 Å². The molecule has 1 aliphatic rings. The van der Waals surface area contributed by atoms with Gasteiger partial charge in [-0.2, -0.15) is 4.98 Å². The second-order valence-corrected chi connectivity index (χ2v) is 7.27. The molecule has 0 saturated carbocycles. The number of amides is 1. The zero-order valence-electron chi connectivity index (χ0n) is 15.2. The van der Waals surface area contributed by atoms with Gasteiger partial charge in [0.05, 0.1) is 17.4 Å². The molecule has 3 heterocycles. The number of hydrogen-bond donors (Lipinski definition) is 0. The quantitative estimate of drug-likeness (QED) is 0.826. The summed E-state index contributed by atoms with van der Waals surface area (Å²) in [7, 11) is 5.28. The summed E-state index contributed by atoms with van der Waals surface area (Å²) < 4.78 is 10.6. The molecule has 1 saturated heterocycles. The Labute approximate surface area is 151 Å². The normalized spacial score (nSPS) is 16.2. The van der Waals surface area contributed by atoms with Gasteiger partial charge in [-0.3, -0.25) is 4.79 Å². The third-order valence-corrected chi connectivity index (χ3v) is 5.64. The van der Waals surface area contributed by atoms with E-state index in [-0.39, 0.29) is 5.91 Å². The number of rotatable bonds is 4. The fourth-order valence-electron chi connectivity index (χ4n) is 3.08. The molecule has 0 spiro atoms. The smallest absolute Gasteiger partial charge is 0.264 e. The summed E-state index contributed by atoms with van der Waals surface area (Å²) in [5.74, 6) is 1.13. The van der Waals surface area contributed by atoms with Crippen molar-refractivity contribution in [3.8, 4) is 5.88 Å². The van der Waals surface area contributed by atoms with Crippen molar-refractivity contribution in [1.82, 2.24) is 19.8 Å². The number of aromatic nitrogens is 2. The van der Waals surface area contributed by atoms with E-state index in [0.29, 0.717) is 18.3 Å². The van der Waals surface area contributed by atoms with E-state index in [1.807, 2.05) is 11.8 Å². The molecule has 0 bridgehead atoms. The molecule has 1 fully saturated rings. The highest BCUT2D eigenvalue weighted by atomic mass is 32.1. The molecule has 0 aromatic carbocycles. The minimum Gasteiger partial charge on any atom is -0.480 e. The van der Waals surface area contributed by atoms with E-state index in [2.05, 4.69) is 21.9 Å². The van der Waals surface area contributed by atoms with Crippen LogP contribution in [0.1, 0.15) is 27.5 Å². The molecule has 1 amide bonds. The van der Waals surface area contributed by atoms with Crippen LogP contribution in [0, 0.1) is 6.92 Å². The minimum atomic E-state index is 0.0751. The molecule has 7 nitrogen and oxygen atoms in total. The Kier molecular flexibility index (Phi) is 5.51. The molecular formula is C17H24N4O3S.